The predicted octanol–water partition coefficient (Wildman–Crippen LogP) is 3.26. The van der Waals surface area contributed by atoms with E-state index in [9.17, 15) is 13.9 Å². The fourth-order valence-electron chi connectivity index (χ4n) is 3.55. The van der Waals surface area contributed by atoms with Crippen LogP contribution in [0.25, 0.3) is 38.4 Å². The molecule has 0 spiro atoms. The van der Waals surface area contributed by atoms with Crippen molar-refractivity contribution in [2.75, 3.05) is 6.61 Å². The molecule has 3 aromatic heterocycles. The Balaban J connectivity index is 2.11. The Labute approximate surface area is 139 Å². The normalized spacial score (nSPS) is 12.1. The molecule has 7 heteroatoms. The van der Waals surface area contributed by atoms with E-state index in [-0.39, 0.29) is 12.0 Å². The van der Waals surface area contributed by atoms with Gasteiger partial charge in [0.05, 0.1) is 34.9 Å². The van der Waals surface area contributed by atoms with Crippen LogP contribution in [-0.2, 0) is 6.54 Å². The number of hydrogen-bond donors (Lipinski definition) is 1. The first-order valence-electron chi connectivity index (χ1n) is 7.81. The maximum Gasteiger partial charge on any atom is 0.148 e. The van der Waals surface area contributed by atoms with Crippen molar-refractivity contribution in [2.24, 2.45) is 0 Å². The zero-order valence-corrected chi connectivity index (χ0v) is 12.9. The van der Waals surface area contributed by atoms with Gasteiger partial charge in [-0.25, -0.2) is 18.7 Å². The number of imidazole rings is 2. The number of aliphatic hydroxyl groups excluding tert-OH is 1. The third-order valence-electron chi connectivity index (χ3n) is 4.56. The van der Waals surface area contributed by atoms with Crippen molar-refractivity contribution in [1.82, 2.24) is 18.9 Å². The third kappa shape index (κ3) is 1.84. The summed E-state index contributed by atoms with van der Waals surface area (Å²) < 4.78 is 32.1. The molecule has 25 heavy (non-hydrogen) atoms. The van der Waals surface area contributed by atoms with Gasteiger partial charge in [-0.2, -0.15) is 0 Å². The summed E-state index contributed by atoms with van der Waals surface area (Å²) in [7, 11) is 0. The quantitative estimate of drug-likeness (QED) is 0.503. The molecular formula is C18H12F2N4O. The second kappa shape index (κ2) is 4.97. The van der Waals surface area contributed by atoms with Gasteiger partial charge in [-0.3, -0.25) is 4.40 Å². The largest absolute Gasteiger partial charge is 0.395 e. The topological polar surface area (TPSA) is 55.3 Å². The Bertz CT molecular complexity index is 1290. The van der Waals surface area contributed by atoms with Crippen LogP contribution in [0.15, 0.2) is 43.0 Å². The Morgan fingerprint density at radius 1 is 1.04 bits per heavy atom. The van der Waals surface area contributed by atoms with Crippen LogP contribution in [-0.4, -0.2) is 30.6 Å². The Morgan fingerprint density at radius 3 is 2.72 bits per heavy atom. The lowest BCUT2D eigenvalue weighted by Gasteiger charge is -2.10. The van der Waals surface area contributed by atoms with Crippen LogP contribution in [0, 0.1) is 11.6 Å². The standard InChI is InChI=1S/C18H12F2N4O/c19-10-7-11-15(12(20)8-10)18-21-3-4-24(18)13-1-2-14-17(16(11)13)22-9-23(14)5-6-25/h1-4,7-9,25H,5-6H2. The van der Waals surface area contributed by atoms with E-state index in [1.54, 1.807) is 23.1 Å². The van der Waals surface area contributed by atoms with E-state index >= 15 is 0 Å². The maximum atomic E-state index is 14.6. The Kier molecular flexibility index (Phi) is 2.84. The summed E-state index contributed by atoms with van der Waals surface area (Å²) >= 11 is 0. The summed E-state index contributed by atoms with van der Waals surface area (Å²) in [5, 5.41) is 10.6. The van der Waals surface area contributed by atoms with E-state index in [4.69, 9.17) is 0 Å². The molecule has 0 saturated heterocycles. The molecule has 0 bridgehead atoms. The number of benzene rings is 2. The summed E-state index contributed by atoms with van der Waals surface area (Å²) in [6, 6.07) is 5.96. The number of nitrogens with zero attached hydrogens (tertiary/aromatic N) is 4. The summed E-state index contributed by atoms with van der Waals surface area (Å²) in [4.78, 5) is 8.68. The Hall–Kier alpha value is -3.06. The highest BCUT2D eigenvalue weighted by molar-refractivity contribution is 6.20. The van der Waals surface area contributed by atoms with Crippen molar-refractivity contribution < 1.29 is 13.9 Å². The zero-order valence-electron chi connectivity index (χ0n) is 12.9. The van der Waals surface area contributed by atoms with Crippen LogP contribution in [0.5, 0.6) is 0 Å². The number of fused-ring (bicyclic) bond motifs is 8. The minimum atomic E-state index is -0.653. The van der Waals surface area contributed by atoms with E-state index in [0.29, 0.717) is 28.5 Å². The smallest absolute Gasteiger partial charge is 0.148 e. The van der Waals surface area contributed by atoms with E-state index < -0.39 is 11.6 Å². The van der Waals surface area contributed by atoms with Crippen molar-refractivity contribution in [3.63, 3.8) is 0 Å². The van der Waals surface area contributed by atoms with E-state index in [1.807, 2.05) is 16.7 Å². The number of halogens is 2. The van der Waals surface area contributed by atoms with Crippen LogP contribution >= 0.6 is 0 Å². The van der Waals surface area contributed by atoms with E-state index in [1.165, 1.54) is 6.07 Å². The van der Waals surface area contributed by atoms with Crippen molar-refractivity contribution in [3.8, 4) is 0 Å². The highest BCUT2D eigenvalue weighted by atomic mass is 19.1. The van der Waals surface area contributed by atoms with Crippen LogP contribution < -0.4 is 0 Å². The predicted molar refractivity (Wildman–Crippen MR) is 90.5 cm³/mol. The molecule has 0 aliphatic heterocycles. The molecule has 0 unspecified atom stereocenters. The molecule has 0 atom stereocenters. The van der Waals surface area contributed by atoms with Gasteiger partial charge < -0.3 is 9.67 Å². The van der Waals surface area contributed by atoms with Crippen molar-refractivity contribution >= 4 is 38.4 Å². The Morgan fingerprint density at radius 2 is 1.88 bits per heavy atom. The highest BCUT2D eigenvalue weighted by Crippen LogP contribution is 2.35. The van der Waals surface area contributed by atoms with Crippen LogP contribution in [0.2, 0.25) is 0 Å². The molecule has 0 aliphatic rings. The lowest BCUT2D eigenvalue weighted by molar-refractivity contribution is 0.278. The molecule has 5 nitrogen and oxygen atoms in total. The first-order valence-corrected chi connectivity index (χ1v) is 7.81. The van der Waals surface area contributed by atoms with Crippen LogP contribution in [0.1, 0.15) is 0 Å². The van der Waals surface area contributed by atoms with Gasteiger partial charge >= 0.3 is 0 Å². The van der Waals surface area contributed by atoms with E-state index in [2.05, 4.69) is 9.97 Å². The molecule has 5 aromatic rings. The zero-order chi connectivity index (χ0) is 17.1. The van der Waals surface area contributed by atoms with Crippen molar-refractivity contribution in [1.29, 1.82) is 0 Å². The summed E-state index contributed by atoms with van der Waals surface area (Å²) in [5.74, 6) is -1.30. The summed E-state index contributed by atoms with van der Waals surface area (Å²) in [6.07, 6.45) is 4.96. The molecular weight excluding hydrogens is 326 g/mol. The fourth-order valence-corrected chi connectivity index (χ4v) is 3.55. The van der Waals surface area contributed by atoms with Gasteiger partial charge in [-0.05, 0) is 18.2 Å². The second-order valence-electron chi connectivity index (χ2n) is 5.92. The first-order chi connectivity index (χ1) is 12.2. The summed E-state index contributed by atoms with van der Waals surface area (Å²) in [5.41, 5.74) is 2.64. The van der Waals surface area contributed by atoms with E-state index in [0.717, 1.165) is 17.1 Å². The number of rotatable bonds is 2. The van der Waals surface area contributed by atoms with Gasteiger partial charge in [0, 0.05) is 35.8 Å². The molecule has 0 aliphatic carbocycles. The molecule has 0 fully saturated rings. The minimum Gasteiger partial charge on any atom is -0.395 e. The average Bonchev–Trinajstić information content (AvgIpc) is 3.21. The summed E-state index contributed by atoms with van der Waals surface area (Å²) in [6.45, 7) is 0.379. The highest BCUT2D eigenvalue weighted by Gasteiger charge is 2.18. The molecule has 1 N–H and O–H groups in total. The van der Waals surface area contributed by atoms with Gasteiger partial charge in [0.15, 0.2) is 0 Å². The first kappa shape index (κ1) is 14.3. The SMILES string of the molecule is OCCn1cnc2c3c4cc(F)cc(F)c4c4nccn4c3ccc21. The van der Waals surface area contributed by atoms with Gasteiger partial charge in [-0.1, -0.05) is 0 Å². The molecule has 124 valence electrons. The average molecular weight is 338 g/mol. The van der Waals surface area contributed by atoms with Crippen LogP contribution in [0.4, 0.5) is 8.78 Å². The number of hydrogen-bond acceptors (Lipinski definition) is 3. The fraction of sp³-hybridized carbons (Fsp3) is 0.111. The molecule has 3 heterocycles. The molecule has 2 aromatic carbocycles. The van der Waals surface area contributed by atoms with Crippen LogP contribution in [0.3, 0.4) is 0 Å². The monoisotopic (exact) mass is 338 g/mol. The maximum absolute atomic E-state index is 14.6. The van der Waals surface area contributed by atoms with Crippen molar-refractivity contribution in [3.05, 3.63) is 54.6 Å². The second-order valence-corrected chi connectivity index (χ2v) is 5.92. The van der Waals surface area contributed by atoms with Crippen molar-refractivity contribution in [2.45, 2.75) is 6.54 Å². The molecule has 5 rings (SSSR count). The number of aromatic nitrogens is 4. The van der Waals surface area contributed by atoms with Gasteiger partial charge in [0.2, 0.25) is 0 Å². The lowest BCUT2D eigenvalue weighted by atomic mass is 10.0. The number of pyridine rings is 1. The lowest BCUT2D eigenvalue weighted by Crippen LogP contribution is -2.00. The molecule has 0 amide bonds. The van der Waals surface area contributed by atoms with Gasteiger partial charge in [0.1, 0.15) is 17.3 Å². The molecule has 0 saturated carbocycles. The minimum absolute atomic E-state index is 0.0198. The van der Waals surface area contributed by atoms with Gasteiger partial charge in [-0.15, -0.1) is 0 Å². The third-order valence-corrected chi connectivity index (χ3v) is 4.56. The van der Waals surface area contributed by atoms with Gasteiger partial charge in [0.25, 0.3) is 0 Å². The number of aliphatic hydroxyl groups is 1. The molecule has 0 radical (unpaired) electrons.